The summed E-state index contributed by atoms with van der Waals surface area (Å²) in [5, 5.41) is 0. The molecule has 2 rings (SSSR count). The van der Waals surface area contributed by atoms with Gasteiger partial charge in [-0.3, -0.25) is 4.79 Å². The van der Waals surface area contributed by atoms with Crippen LogP contribution in [0.5, 0.6) is 0 Å². The van der Waals surface area contributed by atoms with Crippen molar-refractivity contribution >= 4 is 23.5 Å². The van der Waals surface area contributed by atoms with Gasteiger partial charge in [-0.1, -0.05) is 13.8 Å². The molecule has 1 aliphatic heterocycles. The molecule has 1 amide bonds. The van der Waals surface area contributed by atoms with Gasteiger partial charge in [-0.2, -0.15) is 11.8 Å². The number of nitrogens with two attached hydrogens (primary N) is 1. The minimum absolute atomic E-state index is 0.0642. The van der Waals surface area contributed by atoms with Crippen molar-refractivity contribution in [3.05, 3.63) is 23.4 Å². The second kappa shape index (κ2) is 5.64. The minimum atomic E-state index is 0.0642. The number of hydrogen-bond donors (Lipinski definition) is 1. The zero-order valence-electron chi connectivity index (χ0n) is 12.6. The van der Waals surface area contributed by atoms with E-state index in [0.717, 1.165) is 24.5 Å². The predicted octanol–water partition coefficient (Wildman–Crippen LogP) is 2.75. The minimum Gasteiger partial charge on any atom is -0.384 e. The number of rotatable bonds is 2. The van der Waals surface area contributed by atoms with E-state index in [4.69, 9.17) is 5.73 Å². The normalized spacial score (nSPS) is 18.4. The van der Waals surface area contributed by atoms with Crippen molar-refractivity contribution in [2.24, 2.45) is 0 Å². The molecule has 0 unspecified atom stereocenters. The van der Waals surface area contributed by atoms with Crippen LogP contribution < -0.4 is 5.73 Å². The van der Waals surface area contributed by atoms with Crippen molar-refractivity contribution < 1.29 is 4.79 Å². The quantitative estimate of drug-likeness (QED) is 0.911. The van der Waals surface area contributed by atoms with Crippen molar-refractivity contribution in [1.82, 2.24) is 9.88 Å². The summed E-state index contributed by atoms with van der Waals surface area (Å²) in [7, 11) is 0. The molecule has 0 radical (unpaired) electrons. The topological polar surface area (TPSA) is 59.2 Å². The summed E-state index contributed by atoms with van der Waals surface area (Å²) in [6, 6.07) is 3.56. The largest absolute Gasteiger partial charge is 0.384 e. The Morgan fingerprint density at radius 2 is 2.15 bits per heavy atom. The second-order valence-electron chi connectivity index (χ2n) is 6.20. The molecule has 0 aromatic carbocycles. The number of anilines is 1. The Labute approximate surface area is 125 Å². The summed E-state index contributed by atoms with van der Waals surface area (Å²) in [6.07, 6.45) is 0. The lowest BCUT2D eigenvalue weighted by Gasteiger charge is -2.37. The van der Waals surface area contributed by atoms with Crippen LogP contribution in [-0.4, -0.2) is 39.4 Å². The average molecular weight is 293 g/mol. The van der Waals surface area contributed by atoms with Gasteiger partial charge < -0.3 is 10.6 Å². The highest BCUT2D eigenvalue weighted by Gasteiger charge is 2.30. The number of carbonyl (C=O) groups excluding carboxylic acids is 1. The Morgan fingerprint density at radius 1 is 1.45 bits per heavy atom. The van der Waals surface area contributed by atoms with E-state index >= 15 is 0 Å². The first-order chi connectivity index (χ1) is 9.28. The standard InChI is InChI=1S/C15H23N3OS/c1-10(2)12-7-11(8-13(16)17-12)14(19)18-5-6-20-15(3,4)9-18/h7-8,10H,5-6,9H2,1-4H3,(H2,16,17). The van der Waals surface area contributed by atoms with Crippen molar-refractivity contribution in [3.8, 4) is 0 Å². The monoisotopic (exact) mass is 293 g/mol. The molecule has 0 saturated carbocycles. The SMILES string of the molecule is CC(C)c1cc(C(=O)N2CCSC(C)(C)C2)cc(N)n1. The first-order valence-electron chi connectivity index (χ1n) is 6.99. The highest BCUT2D eigenvalue weighted by atomic mass is 32.2. The molecule has 5 heteroatoms. The number of thioether (sulfide) groups is 1. The number of carbonyl (C=O) groups is 1. The van der Waals surface area contributed by atoms with Crippen LogP contribution in [0, 0.1) is 0 Å². The van der Waals surface area contributed by atoms with Crippen LogP contribution in [-0.2, 0) is 0 Å². The number of amides is 1. The van der Waals surface area contributed by atoms with Gasteiger partial charge in [0.05, 0.1) is 0 Å². The summed E-state index contributed by atoms with van der Waals surface area (Å²) < 4.78 is 0.118. The van der Waals surface area contributed by atoms with Crippen LogP contribution in [0.15, 0.2) is 12.1 Å². The molecule has 0 atom stereocenters. The molecule has 1 aliphatic rings. The van der Waals surface area contributed by atoms with Crippen LogP contribution in [0.4, 0.5) is 5.82 Å². The van der Waals surface area contributed by atoms with E-state index in [9.17, 15) is 4.79 Å². The van der Waals surface area contributed by atoms with E-state index in [1.807, 2.05) is 22.7 Å². The van der Waals surface area contributed by atoms with Gasteiger partial charge in [0.1, 0.15) is 5.82 Å². The maximum absolute atomic E-state index is 12.6. The zero-order valence-corrected chi connectivity index (χ0v) is 13.5. The van der Waals surface area contributed by atoms with Gasteiger partial charge in [0.2, 0.25) is 0 Å². The molecule has 0 aliphatic carbocycles. The highest BCUT2D eigenvalue weighted by molar-refractivity contribution is 8.00. The van der Waals surface area contributed by atoms with E-state index < -0.39 is 0 Å². The molecular weight excluding hydrogens is 270 g/mol. The number of nitrogen functional groups attached to an aromatic ring is 1. The van der Waals surface area contributed by atoms with Gasteiger partial charge in [-0.25, -0.2) is 4.98 Å². The van der Waals surface area contributed by atoms with E-state index in [2.05, 4.69) is 32.7 Å². The van der Waals surface area contributed by atoms with Crippen molar-refractivity contribution in [2.45, 2.75) is 38.4 Å². The van der Waals surface area contributed by atoms with Gasteiger partial charge in [-0.05, 0) is 31.9 Å². The van der Waals surface area contributed by atoms with Gasteiger partial charge in [0.15, 0.2) is 0 Å². The fraction of sp³-hybridized carbons (Fsp3) is 0.600. The Balaban J connectivity index is 2.24. The van der Waals surface area contributed by atoms with E-state index in [0.29, 0.717) is 11.4 Å². The molecule has 2 N–H and O–H groups in total. The Morgan fingerprint density at radius 3 is 2.75 bits per heavy atom. The number of nitrogens with zero attached hydrogens (tertiary/aromatic N) is 2. The molecule has 2 heterocycles. The Kier molecular flexibility index (Phi) is 4.28. The maximum atomic E-state index is 12.6. The molecule has 110 valence electrons. The Bertz CT molecular complexity index is 514. The van der Waals surface area contributed by atoms with Crippen molar-refractivity contribution in [1.29, 1.82) is 0 Å². The van der Waals surface area contributed by atoms with Crippen LogP contribution in [0.25, 0.3) is 0 Å². The average Bonchev–Trinajstić information content (AvgIpc) is 2.35. The first kappa shape index (κ1) is 15.2. The lowest BCUT2D eigenvalue weighted by atomic mass is 10.1. The van der Waals surface area contributed by atoms with Gasteiger partial charge in [0.25, 0.3) is 5.91 Å². The zero-order chi connectivity index (χ0) is 14.9. The van der Waals surface area contributed by atoms with Gasteiger partial charge in [-0.15, -0.1) is 0 Å². The summed E-state index contributed by atoms with van der Waals surface area (Å²) in [4.78, 5) is 18.9. The summed E-state index contributed by atoms with van der Waals surface area (Å²) >= 11 is 1.92. The second-order valence-corrected chi connectivity index (χ2v) is 8.00. The molecular formula is C15H23N3OS. The van der Waals surface area contributed by atoms with Crippen LogP contribution >= 0.6 is 11.8 Å². The summed E-state index contributed by atoms with van der Waals surface area (Å²) in [6.45, 7) is 10.0. The smallest absolute Gasteiger partial charge is 0.254 e. The van der Waals surface area contributed by atoms with E-state index in [-0.39, 0.29) is 16.6 Å². The fourth-order valence-corrected chi connectivity index (χ4v) is 3.48. The molecule has 0 bridgehead atoms. The highest BCUT2D eigenvalue weighted by Crippen LogP contribution is 2.30. The van der Waals surface area contributed by atoms with E-state index in [1.165, 1.54) is 0 Å². The summed E-state index contributed by atoms with van der Waals surface area (Å²) in [5.41, 5.74) is 7.36. The molecule has 1 fully saturated rings. The number of hydrogen-bond acceptors (Lipinski definition) is 4. The van der Waals surface area contributed by atoms with Crippen molar-refractivity contribution in [2.75, 3.05) is 24.6 Å². The molecule has 20 heavy (non-hydrogen) atoms. The van der Waals surface area contributed by atoms with Crippen LogP contribution in [0.2, 0.25) is 0 Å². The molecule has 1 saturated heterocycles. The van der Waals surface area contributed by atoms with Crippen LogP contribution in [0.1, 0.15) is 49.7 Å². The fourth-order valence-electron chi connectivity index (χ4n) is 2.37. The number of pyridine rings is 1. The molecule has 1 aromatic heterocycles. The third-order valence-electron chi connectivity index (χ3n) is 3.42. The molecule has 4 nitrogen and oxygen atoms in total. The third-order valence-corrected chi connectivity index (χ3v) is 4.71. The predicted molar refractivity (Wildman–Crippen MR) is 85.2 cm³/mol. The third kappa shape index (κ3) is 3.45. The molecule has 0 spiro atoms. The van der Waals surface area contributed by atoms with Gasteiger partial charge >= 0.3 is 0 Å². The first-order valence-corrected chi connectivity index (χ1v) is 7.98. The summed E-state index contributed by atoms with van der Waals surface area (Å²) in [5.74, 6) is 1.73. The molecule has 1 aromatic rings. The number of aromatic nitrogens is 1. The lowest BCUT2D eigenvalue weighted by Crippen LogP contribution is -2.46. The van der Waals surface area contributed by atoms with E-state index in [1.54, 1.807) is 6.07 Å². The Hall–Kier alpha value is -1.23. The van der Waals surface area contributed by atoms with Gasteiger partial charge in [0, 0.05) is 34.8 Å². The maximum Gasteiger partial charge on any atom is 0.254 e. The van der Waals surface area contributed by atoms with Crippen LogP contribution in [0.3, 0.4) is 0 Å². The lowest BCUT2D eigenvalue weighted by molar-refractivity contribution is 0.0748. The van der Waals surface area contributed by atoms with Crippen molar-refractivity contribution in [3.63, 3.8) is 0 Å².